The number of aliphatic hydroxyl groups is 1. The molecule has 1 aliphatic heterocycles. The molecule has 90 valence electrons. The molecule has 1 aromatic rings. The molecule has 1 aliphatic rings. The van der Waals surface area contributed by atoms with Gasteiger partial charge in [0.1, 0.15) is 6.61 Å². The molecule has 5 nitrogen and oxygen atoms in total. The van der Waals surface area contributed by atoms with E-state index in [9.17, 15) is 0 Å². The van der Waals surface area contributed by atoms with E-state index < -0.39 is 0 Å². The molecule has 16 heavy (non-hydrogen) atoms. The zero-order chi connectivity index (χ0) is 11.4. The Morgan fingerprint density at radius 3 is 3.06 bits per heavy atom. The lowest BCUT2D eigenvalue weighted by Gasteiger charge is -2.33. The van der Waals surface area contributed by atoms with Crippen molar-refractivity contribution in [3.05, 3.63) is 11.7 Å². The molecule has 1 unspecified atom stereocenters. The van der Waals surface area contributed by atoms with Gasteiger partial charge >= 0.3 is 0 Å². The summed E-state index contributed by atoms with van der Waals surface area (Å²) in [6.07, 6.45) is 4.57. The zero-order valence-electron chi connectivity index (χ0n) is 9.72. The van der Waals surface area contributed by atoms with Crippen molar-refractivity contribution in [2.45, 2.75) is 45.3 Å². The average Bonchev–Trinajstić information content (AvgIpc) is 2.77. The number of aromatic nitrogens is 2. The van der Waals surface area contributed by atoms with Crippen molar-refractivity contribution in [3.8, 4) is 0 Å². The highest BCUT2D eigenvalue weighted by Crippen LogP contribution is 2.19. The van der Waals surface area contributed by atoms with Crippen LogP contribution in [0.2, 0.25) is 0 Å². The second-order valence-corrected chi connectivity index (χ2v) is 4.24. The molecule has 0 spiro atoms. The van der Waals surface area contributed by atoms with E-state index >= 15 is 0 Å². The minimum Gasteiger partial charge on any atom is -0.388 e. The first-order valence-corrected chi connectivity index (χ1v) is 6.00. The number of nitrogens with zero attached hydrogens (tertiary/aromatic N) is 3. The Kier molecular flexibility index (Phi) is 3.90. The maximum Gasteiger partial charge on any atom is 0.228 e. The maximum absolute atomic E-state index is 8.86. The largest absolute Gasteiger partial charge is 0.388 e. The standard InChI is InChI=1S/C11H19N3O2/c1-2-14-6-4-3-5-9(14)7-11-12-10(8-15)13-16-11/h9,15H,2-8H2,1H3. The summed E-state index contributed by atoms with van der Waals surface area (Å²) in [7, 11) is 0. The smallest absolute Gasteiger partial charge is 0.228 e. The normalized spacial score (nSPS) is 22.5. The van der Waals surface area contributed by atoms with Crippen LogP contribution < -0.4 is 0 Å². The van der Waals surface area contributed by atoms with Crippen molar-refractivity contribution in [1.82, 2.24) is 15.0 Å². The second-order valence-electron chi connectivity index (χ2n) is 4.24. The van der Waals surface area contributed by atoms with Gasteiger partial charge in [-0.3, -0.25) is 0 Å². The fraction of sp³-hybridized carbons (Fsp3) is 0.818. The Bertz CT molecular complexity index is 327. The topological polar surface area (TPSA) is 62.4 Å². The minimum atomic E-state index is -0.147. The molecule has 1 atom stereocenters. The molecule has 0 aliphatic carbocycles. The summed E-state index contributed by atoms with van der Waals surface area (Å²) in [6, 6.07) is 0.519. The molecule has 2 rings (SSSR count). The minimum absolute atomic E-state index is 0.147. The fourth-order valence-corrected chi connectivity index (χ4v) is 2.35. The third-order valence-corrected chi connectivity index (χ3v) is 3.22. The van der Waals surface area contributed by atoms with Crippen molar-refractivity contribution >= 4 is 0 Å². The third-order valence-electron chi connectivity index (χ3n) is 3.22. The van der Waals surface area contributed by atoms with Gasteiger partial charge in [-0.2, -0.15) is 4.98 Å². The van der Waals surface area contributed by atoms with Crippen molar-refractivity contribution in [2.24, 2.45) is 0 Å². The van der Waals surface area contributed by atoms with Gasteiger partial charge in [0.2, 0.25) is 5.89 Å². The highest BCUT2D eigenvalue weighted by Gasteiger charge is 2.23. The van der Waals surface area contributed by atoms with Gasteiger partial charge in [-0.05, 0) is 25.9 Å². The monoisotopic (exact) mass is 225 g/mol. The van der Waals surface area contributed by atoms with Crippen molar-refractivity contribution in [2.75, 3.05) is 13.1 Å². The van der Waals surface area contributed by atoms with E-state index in [-0.39, 0.29) is 6.61 Å². The summed E-state index contributed by atoms with van der Waals surface area (Å²) in [5, 5.41) is 12.6. The molecular weight excluding hydrogens is 206 g/mol. The molecule has 0 amide bonds. The number of hydrogen-bond acceptors (Lipinski definition) is 5. The lowest BCUT2D eigenvalue weighted by atomic mass is 9.99. The Balaban J connectivity index is 1.96. The van der Waals surface area contributed by atoms with Crippen LogP contribution in [0.1, 0.15) is 37.9 Å². The van der Waals surface area contributed by atoms with Crippen LogP contribution in [0.4, 0.5) is 0 Å². The van der Waals surface area contributed by atoms with Crippen LogP contribution in [0.25, 0.3) is 0 Å². The van der Waals surface area contributed by atoms with E-state index in [0.29, 0.717) is 17.8 Å². The summed E-state index contributed by atoms with van der Waals surface area (Å²) in [6.45, 7) is 4.28. The van der Waals surface area contributed by atoms with Gasteiger partial charge in [-0.25, -0.2) is 0 Å². The first kappa shape index (κ1) is 11.5. The van der Waals surface area contributed by atoms with E-state index in [1.807, 2.05) is 0 Å². The number of rotatable bonds is 4. The molecule has 1 N–H and O–H groups in total. The van der Waals surface area contributed by atoms with Crippen LogP contribution in [0.3, 0.4) is 0 Å². The van der Waals surface area contributed by atoms with Crippen LogP contribution in [0.5, 0.6) is 0 Å². The summed E-state index contributed by atoms with van der Waals surface area (Å²) in [5.74, 6) is 1.03. The van der Waals surface area contributed by atoms with Gasteiger partial charge in [-0.15, -0.1) is 0 Å². The van der Waals surface area contributed by atoms with E-state index in [4.69, 9.17) is 9.63 Å². The lowest BCUT2D eigenvalue weighted by Crippen LogP contribution is -2.40. The Labute approximate surface area is 95.4 Å². The predicted molar refractivity (Wildman–Crippen MR) is 58.8 cm³/mol. The number of likely N-dealkylation sites (N-methyl/N-ethyl adjacent to an activating group) is 1. The Morgan fingerprint density at radius 2 is 2.38 bits per heavy atom. The second kappa shape index (κ2) is 5.41. The highest BCUT2D eigenvalue weighted by atomic mass is 16.5. The molecule has 0 aromatic carbocycles. The molecule has 0 radical (unpaired) electrons. The van der Waals surface area contributed by atoms with Crippen LogP contribution in [-0.4, -0.2) is 39.3 Å². The lowest BCUT2D eigenvalue weighted by molar-refractivity contribution is 0.146. The predicted octanol–water partition coefficient (Wildman–Crippen LogP) is 0.979. The van der Waals surface area contributed by atoms with Gasteiger partial charge in [0.15, 0.2) is 5.82 Å². The Morgan fingerprint density at radius 1 is 1.50 bits per heavy atom. The fourth-order valence-electron chi connectivity index (χ4n) is 2.35. The number of piperidine rings is 1. The van der Waals surface area contributed by atoms with Gasteiger partial charge < -0.3 is 14.5 Å². The molecule has 0 bridgehead atoms. The van der Waals surface area contributed by atoms with Gasteiger partial charge in [-0.1, -0.05) is 18.5 Å². The molecule has 1 fully saturated rings. The first-order chi connectivity index (χ1) is 7.83. The quantitative estimate of drug-likeness (QED) is 0.827. The number of likely N-dealkylation sites (tertiary alicyclic amines) is 1. The Hall–Kier alpha value is -0.940. The van der Waals surface area contributed by atoms with Gasteiger partial charge in [0, 0.05) is 12.5 Å². The molecule has 0 saturated carbocycles. The molecular formula is C11H19N3O2. The summed E-state index contributed by atoms with van der Waals surface area (Å²) < 4.78 is 5.10. The van der Waals surface area contributed by atoms with E-state index in [1.165, 1.54) is 25.8 Å². The van der Waals surface area contributed by atoms with Crippen molar-refractivity contribution in [1.29, 1.82) is 0 Å². The first-order valence-electron chi connectivity index (χ1n) is 6.00. The van der Waals surface area contributed by atoms with Gasteiger partial charge in [0.05, 0.1) is 0 Å². The van der Waals surface area contributed by atoms with Crippen LogP contribution in [0.15, 0.2) is 4.52 Å². The maximum atomic E-state index is 8.86. The van der Waals surface area contributed by atoms with E-state index in [0.717, 1.165) is 13.0 Å². The SMILES string of the molecule is CCN1CCCCC1Cc1nc(CO)no1. The van der Waals surface area contributed by atoms with Crippen molar-refractivity contribution in [3.63, 3.8) is 0 Å². The summed E-state index contributed by atoms with van der Waals surface area (Å²) >= 11 is 0. The summed E-state index contributed by atoms with van der Waals surface area (Å²) in [4.78, 5) is 6.60. The van der Waals surface area contributed by atoms with Gasteiger partial charge in [0.25, 0.3) is 0 Å². The van der Waals surface area contributed by atoms with Crippen LogP contribution in [0, 0.1) is 0 Å². The van der Waals surface area contributed by atoms with E-state index in [2.05, 4.69) is 22.0 Å². The molecule has 2 heterocycles. The number of hydrogen-bond donors (Lipinski definition) is 1. The molecule has 1 aromatic heterocycles. The third kappa shape index (κ3) is 2.59. The highest BCUT2D eigenvalue weighted by molar-refractivity contribution is 4.90. The molecule has 1 saturated heterocycles. The van der Waals surface area contributed by atoms with Crippen molar-refractivity contribution < 1.29 is 9.63 Å². The molecule has 5 heteroatoms. The van der Waals surface area contributed by atoms with E-state index in [1.54, 1.807) is 0 Å². The average molecular weight is 225 g/mol. The zero-order valence-corrected chi connectivity index (χ0v) is 9.72. The number of aliphatic hydroxyl groups excluding tert-OH is 1. The van der Waals surface area contributed by atoms with Crippen LogP contribution >= 0.6 is 0 Å². The summed E-state index contributed by atoms with van der Waals surface area (Å²) in [5.41, 5.74) is 0. The van der Waals surface area contributed by atoms with Crippen LogP contribution in [-0.2, 0) is 13.0 Å².